The molecule has 1 aliphatic rings. The van der Waals surface area contributed by atoms with Crippen LogP contribution < -0.4 is 0 Å². The molecule has 1 fully saturated rings. The lowest BCUT2D eigenvalue weighted by Crippen LogP contribution is -2.21. The quantitative estimate of drug-likeness (QED) is 0.901. The molecule has 2 heterocycles. The molecule has 8 heteroatoms. The molecule has 1 aromatic carbocycles. The third kappa shape index (κ3) is 3.59. The maximum atomic E-state index is 13.8. The topological polar surface area (TPSA) is 71.2 Å². The molecule has 2 atom stereocenters. The van der Waals surface area contributed by atoms with Crippen LogP contribution in [0.15, 0.2) is 24.4 Å². The molecule has 0 unspecified atom stereocenters. The molecule has 1 N–H and O–H groups in total. The molecule has 1 aromatic heterocycles. The number of aromatic nitrogens is 3. The van der Waals surface area contributed by atoms with Gasteiger partial charge in [0.1, 0.15) is 11.6 Å². The van der Waals surface area contributed by atoms with Crippen LogP contribution in [-0.2, 0) is 18.4 Å². The van der Waals surface area contributed by atoms with Gasteiger partial charge in [0.2, 0.25) is 0 Å². The fourth-order valence-electron chi connectivity index (χ4n) is 3.30. The second-order valence-corrected chi connectivity index (χ2v) is 6.21. The highest BCUT2D eigenvalue weighted by Gasteiger charge is 2.36. The summed E-state index contributed by atoms with van der Waals surface area (Å²) in [4.78, 5) is 13.1. The minimum atomic E-state index is -0.882. The lowest BCUT2D eigenvalue weighted by Gasteiger charge is -2.16. The lowest BCUT2D eigenvalue weighted by atomic mass is 9.91. The van der Waals surface area contributed by atoms with Crippen molar-refractivity contribution in [3.05, 3.63) is 47.3 Å². The molecule has 0 radical (unpaired) electrons. The number of hydrogen-bond donors (Lipinski definition) is 1. The Kier molecular flexibility index (Phi) is 4.57. The molecular formula is C16H18F2N4O2. The zero-order valence-electron chi connectivity index (χ0n) is 13.2. The highest BCUT2D eigenvalue weighted by molar-refractivity contribution is 5.67. The Morgan fingerprint density at radius 1 is 1.38 bits per heavy atom. The SMILES string of the molecule is Cn1cc([C@@H]2CN(Cc3cc(F)ccc3F)C[C@@H]2CC(=O)O)nn1. The largest absolute Gasteiger partial charge is 0.481 e. The predicted octanol–water partition coefficient (Wildman–Crippen LogP) is 1.78. The summed E-state index contributed by atoms with van der Waals surface area (Å²) >= 11 is 0. The maximum absolute atomic E-state index is 13.8. The molecule has 0 aliphatic carbocycles. The maximum Gasteiger partial charge on any atom is 0.303 e. The Hall–Kier alpha value is -2.35. The van der Waals surface area contributed by atoms with E-state index in [1.807, 2.05) is 4.90 Å². The second-order valence-electron chi connectivity index (χ2n) is 6.21. The molecule has 1 saturated heterocycles. The number of likely N-dealkylation sites (tertiary alicyclic amines) is 1. The van der Waals surface area contributed by atoms with Crippen LogP contribution in [0.2, 0.25) is 0 Å². The number of hydrogen-bond acceptors (Lipinski definition) is 4. The van der Waals surface area contributed by atoms with Gasteiger partial charge >= 0.3 is 5.97 Å². The summed E-state index contributed by atoms with van der Waals surface area (Å²) in [5.41, 5.74) is 0.995. The average molecular weight is 336 g/mol. The van der Waals surface area contributed by atoms with Gasteiger partial charge in [-0.2, -0.15) is 0 Å². The van der Waals surface area contributed by atoms with Gasteiger partial charge in [-0.3, -0.25) is 14.4 Å². The molecular weight excluding hydrogens is 318 g/mol. The fraction of sp³-hybridized carbons (Fsp3) is 0.438. The lowest BCUT2D eigenvalue weighted by molar-refractivity contribution is -0.138. The Balaban J connectivity index is 1.78. The number of benzene rings is 1. The number of carboxylic acid groups (broad SMARTS) is 1. The van der Waals surface area contributed by atoms with Gasteiger partial charge in [-0.25, -0.2) is 8.78 Å². The van der Waals surface area contributed by atoms with Gasteiger partial charge in [0, 0.05) is 44.4 Å². The Bertz CT molecular complexity index is 749. The monoisotopic (exact) mass is 336 g/mol. The summed E-state index contributed by atoms with van der Waals surface area (Å²) in [7, 11) is 1.75. The first kappa shape index (κ1) is 16.5. The van der Waals surface area contributed by atoms with E-state index in [0.29, 0.717) is 13.1 Å². The van der Waals surface area contributed by atoms with Gasteiger partial charge in [0.15, 0.2) is 0 Å². The molecule has 2 aromatic rings. The summed E-state index contributed by atoms with van der Waals surface area (Å²) in [5.74, 6) is -2.07. The second kappa shape index (κ2) is 6.64. The van der Waals surface area contributed by atoms with Gasteiger partial charge in [-0.05, 0) is 24.1 Å². The highest BCUT2D eigenvalue weighted by Crippen LogP contribution is 2.34. The minimum Gasteiger partial charge on any atom is -0.481 e. The summed E-state index contributed by atoms with van der Waals surface area (Å²) < 4.78 is 28.7. The van der Waals surface area contributed by atoms with Crippen molar-refractivity contribution in [3.63, 3.8) is 0 Å². The Morgan fingerprint density at radius 2 is 2.17 bits per heavy atom. The third-order valence-corrected chi connectivity index (χ3v) is 4.36. The van der Waals surface area contributed by atoms with Crippen molar-refractivity contribution in [3.8, 4) is 0 Å². The molecule has 0 spiro atoms. The van der Waals surface area contributed by atoms with Gasteiger partial charge in [-0.1, -0.05) is 5.21 Å². The highest BCUT2D eigenvalue weighted by atomic mass is 19.1. The van der Waals surface area contributed by atoms with E-state index in [4.69, 9.17) is 5.11 Å². The normalized spacial score (nSPS) is 21.3. The first-order chi connectivity index (χ1) is 11.4. The van der Waals surface area contributed by atoms with Gasteiger partial charge < -0.3 is 5.11 Å². The van der Waals surface area contributed by atoms with Crippen LogP contribution in [0, 0.1) is 17.6 Å². The van der Waals surface area contributed by atoms with Gasteiger partial charge in [0.25, 0.3) is 0 Å². The molecule has 24 heavy (non-hydrogen) atoms. The zero-order valence-corrected chi connectivity index (χ0v) is 13.2. The number of carboxylic acids is 1. The van der Waals surface area contributed by atoms with Crippen molar-refractivity contribution in [1.82, 2.24) is 19.9 Å². The summed E-state index contributed by atoms with van der Waals surface area (Å²) in [6.45, 7) is 1.26. The van der Waals surface area contributed by atoms with E-state index in [0.717, 1.165) is 17.8 Å². The van der Waals surface area contributed by atoms with Crippen molar-refractivity contribution in [1.29, 1.82) is 0 Å². The number of aliphatic carboxylic acids is 1. The summed E-state index contributed by atoms with van der Waals surface area (Å²) in [6.07, 6.45) is 1.77. The van der Waals surface area contributed by atoms with E-state index in [1.54, 1.807) is 17.9 Å². The van der Waals surface area contributed by atoms with E-state index in [1.165, 1.54) is 6.07 Å². The van der Waals surface area contributed by atoms with Crippen molar-refractivity contribution in [2.45, 2.75) is 18.9 Å². The third-order valence-electron chi connectivity index (χ3n) is 4.36. The van der Waals surface area contributed by atoms with Crippen LogP contribution in [0.5, 0.6) is 0 Å². The first-order valence-corrected chi connectivity index (χ1v) is 7.66. The molecule has 6 nitrogen and oxygen atoms in total. The molecule has 128 valence electrons. The first-order valence-electron chi connectivity index (χ1n) is 7.66. The Morgan fingerprint density at radius 3 is 2.83 bits per heavy atom. The molecule has 3 rings (SSSR count). The van der Waals surface area contributed by atoms with Crippen molar-refractivity contribution in [2.75, 3.05) is 13.1 Å². The van der Waals surface area contributed by atoms with Crippen molar-refractivity contribution >= 4 is 5.97 Å². The van der Waals surface area contributed by atoms with Crippen LogP contribution in [0.4, 0.5) is 8.78 Å². The van der Waals surface area contributed by atoms with Crippen LogP contribution in [0.3, 0.4) is 0 Å². The van der Waals surface area contributed by atoms with Crippen LogP contribution in [0.1, 0.15) is 23.6 Å². The van der Waals surface area contributed by atoms with Crippen LogP contribution >= 0.6 is 0 Å². The van der Waals surface area contributed by atoms with Crippen molar-refractivity contribution in [2.24, 2.45) is 13.0 Å². The molecule has 0 bridgehead atoms. The van der Waals surface area contributed by atoms with Gasteiger partial charge in [0.05, 0.1) is 12.1 Å². The molecule has 0 saturated carbocycles. The standard InChI is InChI=1S/C16H18F2N4O2/c1-21-9-15(19-20-21)13-8-22(6-10(13)5-16(23)24)7-11-4-12(17)2-3-14(11)18/h2-4,9-10,13H,5-8H2,1H3,(H,23,24)/t10-,13+/m0/s1. The molecule has 1 aliphatic heterocycles. The summed E-state index contributed by atoms with van der Waals surface area (Å²) in [5, 5.41) is 17.1. The van der Waals surface area contributed by atoms with E-state index in [-0.39, 0.29) is 30.4 Å². The summed E-state index contributed by atoms with van der Waals surface area (Å²) in [6, 6.07) is 3.37. The van der Waals surface area contributed by atoms with Gasteiger partial charge in [-0.15, -0.1) is 5.10 Å². The number of rotatable bonds is 5. The van der Waals surface area contributed by atoms with Crippen LogP contribution in [-0.4, -0.2) is 44.1 Å². The number of carbonyl (C=O) groups is 1. The Labute approximate surface area is 137 Å². The zero-order chi connectivity index (χ0) is 17.3. The van der Waals surface area contributed by atoms with E-state index in [9.17, 15) is 13.6 Å². The number of halogens is 2. The van der Waals surface area contributed by atoms with Crippen molar-refractivity contribution < 1.29 is 18.7 Å². The molecule has 0 amide bonds. The average Bonchev–Trinajstić information content (AvgIpc) is 3.09. The fourth-order valence-corrected chi connectivity index (χ4v) is 3.30. The predicted molar refractivity (Wildman–Crippen MR) is 81.1 cm³/mol. The number of nitrogens with zero attached hydrogens (tertiary/aromatic N) is 4. The number of aryl methyl sites for hydroxylation is 1. The minimum absolute atomic E-state index is 0.00335. The van der Waals surface area contributed by atoms with E-state index < -0.39 is 17.6 Å². The van der Waals surface area contributed by atoms with E-state index in [2.05, 4.69) is 10.3 Å². The van der Waals surface area contributed by atoms with Crippen LogP contribution in [0.25, 0.3) is 0 Å². The van der Waals surface area contributed by atoms with E-state index >= 15 is 0 Å². The smallest absolute Gasteiger partial charge is 0.303 e.